The number of aromatic nitrogens is 1. The Morgan fingerprint density at radius 3 is 2.78 bits per heavy atom. The highest BCUT2D eigenvalue weighted by atomic mass is 35.5. The summed E-state index contributed by atoms with van der Waals surface area (Å²) < 4.78 is 13.1. The number of thiazole rings is 1. The molecule has 1 amide bonds. The molecule has 0 aliphatic heterocycles. The van der Waals surface area contributed by atoms with Crippen LogP contribution in [-0.4, -0.2) is 10.9 Å². The molecule has 0 radical (unpaired) electrons. The Morgan fingerprint density at radius 1 is 1.26 bits per heavy atom. The fourth-order valence-corrected chi connectivity index (χ4v) is 3.00. The predicted octanol–water partition coefficient (Wildman–Crippen LogP) is 5.16. The average molecular weight is 347 g/mol. The van der Waals surface area contributed by atoms with Crippen molar-refractivity contribution in [1.29, 1.82) is 0 Å². The van der Waals surface area contributed by atoms with Gasteiger partial charge < -0.3 is 5.32 Å². The maximum Gasteiger partial charge on any atom is 0.257 e. The van der Waals surface area contributed by atoms with Crippen LogP contribution in [0.5, 0.6) is 0 Å². The van der Waals surface area contributed by atoms with Gasteiger partial charge in [0, 0.05) is 16.6 Å². The van der Waals surface area contributed by atoms with Crippen molar-refractivity contribution in [2.24, 2.45) is 0 Å². The molecule has 1 heterocycles. The fraction of sp³-hybridized carbons (Fsp3) is 0.0588. The summed E-state index contributed by atoms with van der Waals surface area (Å²) in [6.07, 6.45) is 0. The summed E-state index contributed by atoms with van der Waals surface area (Å²) in [5.41, 5.74) is 2.63. The highest BCUT2D eigenvalue weighted by Gasteiger charge is 2.12. The van der Waals surface area contributed by atoms with Crippen LogP contribution in [0.3, 0.4) is 0 Å². The smallest absolute Gasteiger partial charge is 0.257 e. The van der Waals surface area contributed by atoms with E-state index in [1.54, 1.807) is 17.4 Å². The zero-order valence-corrected chi connectivity index (χ0v) is 13.7. The number of nitrogens with one attached hydrogen (secondary N) is 1. The van der Waals surface area contributed by atoms with E-state index in [1.807, 2.05) is 30.5 Å². The van der Waals surface area contributed by atoms with Crippen LogP contribution < -0.4 is 5.32 Å². The third kappa shape index (κ3) is 3.57. The Morgan fingerprint density at radius 2 is 2.09 bits per heavy atom. The Labute approximate surface area is 141 Å². The van der Waals surface area contributed by atoms with Crippen LogP contribution in [0.15, 0.2) is 47.8 Å². The van der Waals surface area contributed by atoms with Crippen LogP contribution in [-0.2, 0) is 0 Å². The molecule has 0 aliphatic rings. The third-order valence-electron chi connectivity index (χ3n) is 3.21. The lowest BCUT2D eigenvalue weighted by Gasteiger charge is -2.08. The van der Waals surface area contributed by atoms with Crippen molar-refractivity contribution < 1.29 is 9.18 Å². The van der Waals surface area contributed by atoms with E-state index in [4.69, 9.17) is 11.6 Å². The second-order valence-electron chi connectivity index (χ2n) is 4.91. The summed E-state index contributed by atoms with van der Waals surface area (Å²) in [6, 6.07) is 11.1. The summed E-state index contributed by atoms with van der Waals surface area (Å²) in [5.74, 6) is -0.867. The van der Waals surface area contributed by atoms with Crippen LogP contribution in [0.2, 0.25) is 5.02 Å². The van der Waals surface area contributed by atoms with Crippen LogP contribution in [0, 0.1) is 12.7 Å². The summed E-state index contributed by atoms with van der Waals surface area (Å²) in [5, 5.41) is 5.79. The van der Waals surface area contributed by atoms with Gasteiger partial charge in [0.2, 0.25) is 0 Å². The van der Waals surface area contributed by atoms with Crippen molar-refractivity contribution >= 4 is 34.5 Å². The lowest BCUT2D eigenvalue weighted by molar-refractivity contribution is 0.102. The van der Waals surface area contributed by atoms with Gasteiger partial charge in [0.05, 0.1) is 21.3 Å². The minimum absolute atomic E-state index is 0.0776. The number of nitrogens with zero attached hydrogens (tertiary/aromatic N) is 1. The number of carbonyl (C=O) groups excluding carboxylic acids is 1. The van der Waals surface area contributed by atoms with Gasteiger partial charge in [-0.1, -0.05) is 23.7 Å². The van der Waals surface area contributed by atoms with E-state index in [0.717, 1.165) is 22.3 Å². The topological polar surface area (TPSA) is 42.0 Å². The van der Waals surface area contributed by atoms with E-state index >= 15 is 0 Å². The number of amides is 1. The standard InChI is InChI=1S/C17H12ClFN2OS/c1-10-20-16(9-23-10)11-3-2-4-13(7-11)21-17(22)14-6-5-12(19)8-15(14)18/h2-9H,1H3,(H,21,22). The zero-order valence-electron chi connectivity index (χ0n) is 12.1. The van der Waals surface area contributed by atoms with E-state index < -0.39 is 5.82 Å². The van der Waals surface area contributed by atoms with Crippen molar-refractivity contribution in [3.8, 4) is 11.3 Å². The van der Waals surface area contributed by atoms with Crippen LogP contribution in [0.1, 0.15) is 15.4 Å². The lowest BCUT2D eigenvalue weighted by Crippen LogP contribution is -2.12. The Bertz CT molecular complexity index is 879. The fourth-order valence-electron chi connectivity index (χ4n) is 2.12. The number of benzene rings is 2. The lowest BCUT2D eigenvalue weighted by atomic mass is 10.1. The minimum Gasteiger partial charge on any atom is -0.322 e. The van der Waals surface area contributed by atoms with Gasteiger partial charge >= 0.3 is 0 Å². The Balaban J connectivity index is 1.84. The molecule has 0 spiro atoms. The minimum atomic E-state index is -0.479. The SMILES string of the molecule is Cc1nc(-c2cccc(NC(=O)c3ccc(F)cc3Cl)c2)cs1. The van der Waals surface area contributed by atoms with Gasteiger partial charge in [0.1, 0.15) is 5.82 Å². The van der Waals surface area contributed by atoms with Crippen molar-refractivity contribution in [2.45, 2.75) is 6.92 Å². The van der Waals surface area contributed by atoms with Gasteiger partial charge in [-0.25, -0.2) is 9.37 Å². The normalized spacial score (nSPS) is 10.6. The first-order valence-electron chi connectivity index (χ1n) is 6.82. The second kappa shape index (κ2) is 6.48. The van der Waals surface area contributed by atoms with E-state index in [2.05, 4.69) is 10.3 Å². The van der Waals surface area contributed by atoms with Crippen LogP contribution in [0.4, 0.5) is 10.1 Å². The zero-order chi connectivity index (χ0) is 16.4. The molecule has 3 rings (SSSR count). The highest BCUT2D eigenvalue weighted by Crippen LogP contribution is 2.25. The molecule has 0 saturated heterocycles. The quantitative estimate of drug-likeness (QED) is 0.711. The molecule has 0 saturated carbocycles. The molecule has 3 nitrogen and oxygen atoms in total. The number of halogens is 2. The number of hydrogen-bond acceptors (Lipinski definition) is 3. The van der Waals surface area contributed by atoms with Crippen molar-refractivity contribution in [1.82, 2.24) is 4.98 Å². The molecule has 1 N–H and O–H groups in total. The first-order chi connectivity index (χ1) is 11.0. The molecule has 116 valence electrons. The second-order valence-corrected chi connectivity index (χ2v) is 6.38. The molecule has 0 unspecified atom stereocenters. The molecular formula is C17H12ClFN2OS. The van der Waals surface area contributed by atoms with Crippen molar-refractivity contribution in [3.63, 3.8) is 0 Å². The molecule has 0 atom stereocenters. The molecule has 1 aromatic heterocycles. The maximum absolute atomic E-state index is 13.1. The van der Waals surface area contributed by atoms with Gasteiger partial charge in [-0.3, -0.25) is 4.79 Å². The van der Waals surface area contributed by atoms with Crippen LogP contribution >= 0.6 is 22.9 Å². The number of aryl methyl sites for hydroxylation is 1. The summed E-state index contributed by atoms with van der Waals surface area (Å²) >= 11 is 7.48. The Hall–Kier alpha value is -2.24. The van der Waals surface area contributed by atoms with Gasteiger partial charge in [-0.2, -0.15) is 0 Å². The summed E-state index contributed by atoms with van der Waals surface area (Å²) in [6.45, 7) is 1.94. The largest absolute Gasteiger partial charge is 0.322 e. The van der Waals surface area contributed by atoms with E-state index in [0.29, 0.717) is 5.69 Å². The average Bonchev–Trinajstić information content (AvgIpc) is 2.94. The number of anilines is 1. The summed E-state index contributed by atoms with van der Waals surface area (Å²) in [7, 11) is 0. The van der Waals surface area contributed by atoms with E-state index in [1.165, 1.54) is 12.1 Å². The molecule has 0 bridgehead atoms. The molecule has 2 aromatic carbocycles. The molecule has 0 fully saturated rings. The summed E-state index contributed by atoms with van der Waals surface area (Å²) in [4.78, 5) is 16.7. The molecule has 6 heteroatoms. The molecule has 3 aromatic rings. The molecule has 23 heavy (non-hydrogen) atoms. The number of carbonyl (C=O) groups is 1. The van der Waals surface area contributed by atoms with Gasteiger partial charge in [-0.05, 0) is 37.3 Å². The number of hydrogen-bond donors (Lipinski definition) is 1. The van der Waals surface area contributed by atoms with Gasteiger partial charge in [0.25, 0.3) is 5.91 Å². The Kier molecular flexibility index (Phi) is 4.41. The van der Waals surface area contributed by atoms with E-state index in [9.17, 15) is 9.18 Å². The van der Waals surface area contributed by atoms with Crippen molar-refractivity contribution in [2.75, 3.05) is 5.32 Å². The van der Waals surface area contributed by atoms with Gasteiger partial charge in [0.15, 0.2) is 0 Å². The predicted molar refractivity (Wildman–Crippen MR) is 91.7 cm³/mol. The van der Waals surface area contributed by atoms with Crippen molar-refractivity contribution in [3.05, 3.63) is 69.3 Å². The third-order valence-corrected chi connectivity index (χ3v) is 4.30. The highest BCUT2D eigenvalue weighted by molar-refractivity contribution is 7.09. The van der Waals surface area contributed by atoms with Crippen LogP contribution in [0.25, 0.3) is 11.3 Å². The first-order valence-corrected chi connectivity index (χ1v) is 8.07. The molecular weight excluding hydrogens is 335 g/mol. The van der Waals surface area contributed by atoms with Gasteiger partial charge in [-0.15, -0.1) is 11.3 Å². The monoisotopic (exact) mass is 346 g/mol. The first kappa shape index (κ1) is 15.6. The molecule has 0 aliphatic carbocycles. The number of rotatable bonds is 3. The maximum atomic E-state index is 13.1. The van der Waals surface area contributed by atoms with E-state index in [-0.39, 0.29) is 16.5 Å².